The lowest BCUT2D eigenvalue weighted by atomic mass is 9.69. The molecule has 1 aromatic heterocycles. The number of oxazole rings is 1. The fraction of sp³-hybridized carbons (Fsp3) is 0.429. The van der Waals surface area contributed by atoms with Crippen LogP contribution < -0.4 is 9.47 Å². The number of esters is 1. The van der Waals surface area contributed by atoms with Gasteiger partial charge in [-0.25, -0.2) is 9.78 Å². The lowest BCUT2D eigenvalue weighted by molar-refractivity contribution is 0.0187. The zero-order valence-corrected chi connectivity index (χ0v) is 15.9. The Hall–Kier alpha value is -2.80. The number of aromatic nitrogens is 1. The highest BCUT2D eigenvalue weighted by atomic mass is 16.6. The Bertz CT molecular complexity index is 939. The first kappa shape index (κ1) is 17.3. The molecule has 2 aromatic rings. The second kappa shape index (κ2) is 6.38. The van der Waals surface area contributed by atoms with Crippen LogP contribution in [0, 0.1) is 0 Å². The van der Waals surface area contributed by atoms with Crippen molar-refractivity contribution in [3.63, 3.8) is 0 Å². The molecule has 0 N–H and O–H groups in total. The monoisotopic (exact) mass is 382 g/mol. The van der Waals surface area contributed by atoms with E-state index in [1.165, 1.54) is 23.7 Å². The molecular formula is C21H22N2O5. The second-order valence-corrected chi connectivity index (χ2v) is 7.67. The maximum atomic E-state index is 12.2. The molecular weight excluding hydrogens is 360 g/mol. The Balaban J connectivity index is 1.50. The zero-order valence-electron chi connectivity index (χ0n) is 15.9. The number of nitrogens with zero attached hydrogens (tertiary/aromatic N) is 2. The van der Waals surface area contributed by atoms with E-state index in [1.54, 1.807) is 7.11 Å². The third-order valence-electron chi connectivity index (χ3n) is 6.02. The minimum absolute atomic E-state index is 0.101. The summed E-state index contributed by atoms with van der Waals surface area (Å²) in [6.07, 6.45) is 7.77. The molecule has 146 valence electrons. The predicted octanol–water partition coefficient (Wildman–Crippen LogP) is 2.70. The summed E-state index contributed by atoms with van der Waals surface area (Å²) >= 11 is 0. The van der Waals surface area contributed by atoms with Crippen molar-refractivity contribution >= 4 is 5.97 Å². The van der Waals surface area contributed by atoms with Gasteiger partial charge < -0.3 is 23.5 Å². The van der Waals surface area contributed by atoms with Gasteiger partial charge in [-0.15, -0.1) is 0 Å². The van der Waals surface area contributed by atoms with E-state index < -0.39 is 5.97 Å². The number of ether oxygens (including phenoxy) is 3. The third-order valence-corrected chi connectivity index (χ3v) is 6.02. The standard InChI is InChI=1S/C21H22N2O5/c1-23-8-7-21-6-5-14(27-20(24)16-10-22-12-26-16)9-17(21)28-19-15(25-2)4-3-13(11-23)18(19)21/h3-6,10,12,14,17H,7-9,11H2,1-2H3/t14?,17-,21-/m0/s1. The smallest absolute Gasteiger partial charge is 0.376 e. The molecule has 0 bridgehead atoms. The van der Waals surface area contributed by atoms with Gasteiger partial charge in [0.1, 0.15) is 12.2 Å². The van der Waals surface area contributed by atoms with E-state index >= 15 is 0 Å². The molecule has 2 aliphatic heterocycles. The maximum absolute atomic E-state index is 12.2. The van der Waals surface area contributed by atoms with Crippen molar-refractivity contribution in [3.8, 4) is 11.5 Å². The number of rotatable bonds is 3. The summed E-state index contributed by atoms with van der Waals surface area (Å²) in [7, 11) is 3.80. The van der Waals surface area contributed by atoms with Crippen molar-refractivity contribution in [3.05, 3.63) is 53.8 Å². The first-order valence-electron chi connectivity index (χ1n) is 9.45. The van der Waals surface area contributed by atoms with Gasteiger partial charge >= 0.3 is 5.97 Å². The Morgan fingerprint density at radius 1 is 1.39 bits per heavy atom. The highest BCUT2D eigenvalue weighted by Gasteiger charge is 2.53. The van der Waals surface area contributed by atoms with Crippen molar-refractivity contribution in [1.29, 1.82) is 0 Å². The summed E-state index contributed by atoms with van der Waals surface area (Å²) in [5.41, 5.74) is 2.26. The molecule has 1 aromatic carbocycles. The first-order chi connectivity index (χ1) is 13.6. The molecule has 5 rings (SSSR count). The molecule has 1 spiro atoms. The fourth-order valence-corrected chi connectivity index (χ4v) is 4.66. The summed E-state index contributed by atoms with van der Waals surface area (Å²) in [6.45, 7) is 1.84. The molecule has 0 saturated heterocycles. The molecule has 1 unspecified atom stereocenters. The molecule has 3 atom stereocenters. The number of carbonyl (C=O) groups is 1. The molecule has 28 heavy (non-hydrogen) atoms. The Morgan fingerprint density at radius 2 is 2.29 bits per heavy atom. The highest BCUT2D eigenvalue weighted by molar-refractivity contribution is 5.86. The van der Waals surface area contributed by atoms with E-state index in [0.29, 0.717) is 6.42 Å². The second-order valence-electron chi connectivity index (χ2n) is 7.67. The van der Waals surface area contributed by atoms with Crippen molar-refractivity contribution in [1.82, 2.24) is 9.88 Å². The van der Waals surface area contributed by atoms with Crippen LogP contribution in [0.1, 0.15) is 34.5 Å². The van der Waals surface area contributed by atoms with Crippen LogP contribution in [0.15, 0.2) is 41.3 Å². The van der Waals surface area contributed by atoms with Crippen LogP contribution in [0.2, 0.25) is 0 Å². The Labute approximate surface area is 162 Å². The van der Waals surface area contributed by atoms with Gasteiger partial charge in [-0.3, -0.25) is 0 Å². The molecule has 7 nitrogen and oxygen atoms in total. The summed E-state index contributed by atoms with van der Waals surface area (Å²) in [6, 6.07) is 4.11. The average molecular weight is 382 g/mol. The maximum Gasteiger partial charge on any atom is 0.376 e. The Kier molecular flexibility index (Phi) is 3.94. The van der Waals surface area contributed by atoms with Gasteiger partial charge in [-0.05, 0) is 37.7 Å². The minimum atomic E-state index is -0.516. The third kappa shape index (κ3) is 2.53. The summed E-state index contributed by atoms with van der Waals surface area (Å²) in [4.78, 5) is 18.3. The largest absolute Gasteiger partial charge is 0.493 e. The van der Waals surface area contributed by atoms with Gasteiger partial charge in [0.2, 0.25) is 5.76 Å². The SMILES string of the molecule is COc1ccc2c3c1O[C@H]1CC(OC(=O)c4cnco4)C=C[C@@]31CCN(C)C2. The number of hydrogen-bond donors (Lipinski definition) is 0. The van der Waals surface area contributed by atoms with Crippen molar-refractivity contribution < 1.29 is 23.4 Å². The lowest BCUT2D eigenvalue weighted by Crippen LogP contribution is -2.43. The molecule has 0 fully saturated rings. The molecule has 0 amide bonds. The quantitative estimate of drug-likeness (QED) is 0.597. The molecule has 1 aliphatic carbocycles. The van der Waals surface area contributed by atoms with Gasteiger partial charge in [-0.2, -0.15) is 0 Å². The van der Waals surface area contributed by atoms with Crippen LogP contribution in [-0.4, -0.2) is 48.8 Å². The van der Waals surface area contributed by atoms with Gasteiger partial charge in [-0.1, -0.05) is 12.1 Å². The molecule has 3 aliphatic rings. The van der Waals surface area contributed by atoms with Crippen LogP contribution in [0.25, 0.3) is 0 Å². The molecule has 7 heteroatoms. The number of carbonyl (C=O) groups excluding carboxylic acids is 1. The molecule has 0 radical (unpaired) electrons. The fourth-order valence-electron chi connectivity index (χ4n) is 4.66. The van der Waals surface area contributed by atoms with Gasteiger partial charge in [0.25, 0.3) is 0 Å². The predicted molar refractivity (Wildman–Crippen MR) is 99.5 cm³/mol. The Morgan fingerprint density at radius 3 is 3.07 bits per heavy atom. The van der Waals surface area contributed by atoms with Gasteiger partial charge in [0.15, 0.2) is 17.9 Å². The summed E-state index contributed by atoms with van der Waals surface area (Å²) < 4.78 is 22.6. The van der Waals surface area contributed by atoms with Gasteiger partial charge in [0.05, 0.1) is 18.7 Å². The van der Waals surface area contributed by atoms with Crippen molar-refractivity contribution in [2.75, 3.05) is 20.7 Å². The number of benzene rings is 1. The molecule has 3 heterocycles. The first-order valence-corrected chi connectivity index (χ1v) is 9.45. The van der Waals surface area contributed by atoms with Gasteiger partial charge in [0, 0.05) is 18.5 Å². The van der Waals surface area contributed by atoms with E-state index in [-0.39, 0.29) is 23.4 Å². The summed E-state index contributed by atoms with van der Waals surface area (Å²) in [5.74, 6) is 1.16. The normalized spacial score (nSPS) is 28.1. The number of hydrogen-bond acceptors (Lipinski definition) is 7. The lowest BCUT2D eigenvalue weighted by Gasteiger charge is -2.36. The van der Waals surface area contributed by atoms with E-state index in [9.17, 15) is 4.79 Å². The van der Waals surface area contributed by atoms with E-state index in [0.717, 1.165) is 31.0 Å². The van der Waals surface area contributed by atoms with E-state index in [4.69, 9.17) is 18.6 Å². The van der Waals surface area contributed by atoms with Crippen LogP contribution in [0.4, 0.5) is 0 Å². The van der Waals surface area contributed by atoms with Crippen molar-refractivity contribution in [2.24, 2.45) is 0 Å². The highest BCUT2D eigenvalue weighted by Crippen LogP contribution is 2.55. The van der Waals surface area contributed by atoms with Crippen LogP contribution in [-0.2, 0) is 16.7 Å². The van der Waals surface area contributed by atoms with Crippen LogP contribution in [0.3, 0.4) is 0 Å². The molecule has 0 saturated carbocycles. The topological polar surface area (TPSA) is 74.0 Å². The van der Waals surface area contributed by atoms with E-state index in [1.807, 2.05) is 12.1 Å². The summed E-state index contributed by atoms with van der Waals surface area (Å²) in [5, 5.41) is 0. The zero-order chi connectivity index (χ0) is 19.3. The van der Waals surface area contributed by atoms with Crippen LogP contribution >= 0.6 is 0 Å². The van der Waals surface area contributed by atoms with E-state index in [2.05, 4.69) is 29.1 Å². The van der Waals surface area contributed by atoms with Crippen molar-refractivity contribution in [2.45, 2.75) is 37.0 Å². The number of methoxy groups -OCH3 is 1. The average Bonchev–Trinajstić information content (AvgIpc) is 3.30. The van der Waals surface area contributed by atoms with Crippen LogP contribution in [0.5, 0.6) is 11.5 Å². The minimum Gasteiger partial charge on any atom is -0.493 e.